The van der Waals surface area contributed by atoms with Crippen molar-refractivity contribution in [2.45, 2.75) is 19.3 Å². The van der Waals surface area contributed by atoms with E-state index < -0.39 is 8.87 Å². The van der Waals surface area contributed by atoms with E-state index in [0.717, 1.165) is 30.1 Å². The van der Waals surface area contributed by atoms with E-state index in [4.69, 9.17) is 5.73 Å². The highest BCUT2D eigenvalue weighted by atomic mass is 33.1. The van der Waals surface area contributed by atoms with Crippen molar-refractivity contribution < 1.29 is 8.42 Å². The quantitative estimate of drug-likeness (QED) is 0.505. The van der Waals surface area contributed by atoms with Gasteiger partial charge in [0.1, 0.15) is 0 Å². The smallest absolute Gasteiger partial charge is 0.198 e. The molecule has 0 fully saturated rings. The van der Waals surface area contributed by atoms with Crippen LogP contribution < -0.4 is 5.73 Å². The summed E-state index contributed by atoms with van der Waals surface area (Å²) in [6.45, 7) is 0.698. The van der Waals surface area contributed by atoms with Gasteiger partial charge in [-0.25, -0.2) is 8.42 Å². The first-order valence-corrected chi connectivity index (χ1v) is 7.00. The lowest BCUT2D eigenvalue weighted by molar-refractivity contribution is 0.615. The van der Waals surface area contributed by atoms with Crippen molar-refractivity contribution in [1.29, 1.82) is 0 Å². The molecule has 0 aliphatic heterocycles. The molecule has 0 aliphatic carbocycles. The molecular weight excluding hydrogens is 182 g/mol. The third-order valence-corrected chi connectivity index (χ3v) is 3.81. The third kappa shape index (κ3) is 10.3. The molecule has 0 saturated heterocycles. The lowest BCUT2D eigenvalue weighted by atomic mass is 10.2. The molecule has 0 saturated carbocycles. The lowest BCUT2D eigenvalue weighted by Crippen LogP contribution is -1.98. The summed E-state index contributed by atoms with van der Waals surface area (Å²) >= 11 is 0. The van der Waals surface area contributed by atoms with Gasteiger partial charge in [0.25, 0.3) is 0 Å². The molecule has 0 spiro atoms. The minimum absolute atomic E-state index is 0.693. The summed E-state index contributed by atoms with van der Waals surface area (Å²) in [6.07, 6.45) is 4.19. The summed E-state index contributed by atoms with van der Waals surface area (Å²) in [5, 5.41) is 0. The molecule has 0 aromatic carbocycles. The van der Waals surface area contributed by atoms with Crippen LogP contribution in [-0.2, 0) is 8.87 Å². The van der Waals surface area contributed by atoms with E-state index in [1.807, 2.05) is 0 Å². The molecule has 0 aromatic heterocycles. The molecule has 0 rings (SSSR count). The van der Waals surface area contributed by atoms with Crippen molar-refractivity contribution in [3.8, 4) is 0 Å². The Labute approximate surface area is 72.1 Å². The molecule has 0 radical (unpaired) electrons. The highest BCUT2D eigenvalue weighted by molar-refractivity contribution is 8.71. The molecule has 68 valence electrons. The largest absolute Gasteiger partial charge is 0.330 e. The van der Waals surface area contributed by atoms with Gasteiger partial charge in [-0.3, -0.25) is 0 Å². The minimum Gasteiger partial charge on any atom is -0.330 e. The zero-order valence-corrected chi connectivity index (χ0v) is 8.38. The molecule has 3 nitrogen and oxygen atoms in total. The van der Waals surface area contributed by atoms with Crippen molar-refractivity contribution in [1.82, 2.24) is 0 Å². The van der Waals surface area contributed by atoms with Gasteiger partial charge in [-0.05, 0) is 30.2 Å². The molecule has 0 aromatic rings. The van der Waals surface area contributed by atoms with Gasteiger partial charge in [-0.1, -0.05) is 6.42 Å². The van der Waals surface area contributed by atoms with Crippen LogP contribution in [0.25, 0.3) is 0 Å². The molecule has 0 aliphatic rings. The topological polar surface area (TPSA) is 60.2 Å². The van der Waals surface area contributed by atoms with Crippen molar-refractivity contribution in [3.05, 3.63) is 0 Å². The Kier molecular flexibility index (Phi) is 5.99. The second-order valence-electron chi connectivity index (χ2n) is 2.38. The summed E-state index contributed by atoms with van der Waals surface area (Å²) in [5.41, 5.74) is 5.27. The Hall–Kier alpha value is 0.260. The normalized spacial score (nSPS) is 11.8. The van der Waals surface area contributed by atoms with E-state index in [-0.39, 0.29) is 0 Å². The number of hydrogen-bond acceptors (Lipinski definition) is 4. The Bertz CT molecular complexity index is 177. The Morgan fingerprint density at radius 2 is 1.91 bits per heavy atom. The van der Waals surface area contributed by atoms with Crippen molar-refractivity contribution in [2.75, 3.05) is 18.6 Å². The van der Waals surface area contributed by atoms with Crippen LogP contribution in [0.5, 0.6) is 0 Å². The Morgan fingerprint density at radius 1 is 1.27 bits per heavy atom. The molecule has 0 bridgehead atoms. The van der Waals surface area contributed by atoms with Gasteiger partial charge >= 0.3 is 0 Å². The van der Waals surface area contributed by atoms with Crippen LogP contribution in [0.15, 0.2) is 0 Å². The van der Waals surface area contributed by atoms with Crippen molar-refractivity contribution in [3.63, 3.8) is 0 Å². The van der Waals surface area contributed by atoms with E-state index in [1.165, 1.54) is 6.26 Å². The maximum Gasteiger partial charge on any atom is 0.198 e. The summed E-state index contributed by atoms with van der Waals surface area (Å²) in [6, 6.07) is 0. The van der Waals surface area contributed by atoms with E-state index in [2.05, 4.69) is 0 Å². The predicted octanol–water partition coefficient (Wildman–Crippen LogP) is 0.808. The number of hydrogen-bond donors (Lipinski definition) is 1. The van der Waals surface area contributed by atoms with Crippen LogP contribution in [0.4, 0.5) is 0 Å². The minimum atomic E-state index is -2.83. The first kappa shape index (κ1) is 11.3. The molecule has 11 heavy (non-hydrogen) atoms. The van der Waals surface area contributed by atoms with E-state index in [0.29, 0.717) is 12.3 Å². The predicted molar refractivity (Wildman–Crippen MR) is 50.2 cm³/mol. The number of rotatable bonds is 6. The first-order valence-electron chi connectivity index (χ1n) is 3.61. The van der Waals surface area contributed by atoms with Crippen molar-refractivity contribution >= 4 is 19.7 Å². The Morgan fingerprint density at radius 3 is 2.36 bits per heavy atom. The van der Waals surface area contributed by atoms with Crippen LogP contribution in [0.1, 0.15) is 19.3 Å². The average Bonchev–Trinajstić information content (AvgIpc) is 1.85. The standard InChI is InChI=1S/C6H15NO2S2/c1-11(8,9)10-6-4-2-3-5-7/h2-7H2,1H3. The van der Waals surface area contributed by atoms with Gasteiger partial charge in [0.15, 0.2) is 8.87 Å². The van der Waals surface area contributed by atoms with Crippen molar-refractivity contribution in [2.24, 2.45) is 5.73 Å². The van der Waals surface area contributed by atoms with Crippen LogP contribution in [0.2, 0.25) is 0 Å². The molecule has 0 amide bonds. The number of nitrogens with two attached hydrogens (primary N) is 1. The fourth-order valence-electron chi connectivity index (χ4n) is 0.633. The second-order valence-corrected chi connectivity index (χ2v) is 6.95. The fourth-order valence-corrected chi connectivity index (χ4v) is 2.52. The molecular formula is C6H15NO2S2. The molecule has 5 heteroatoms. The maximum absolute atomic E-state index is 10.6. The van der Waals surface area contributed by atoms with E-state index in [1.54, 1.807) is 0 Å². The van der Waals surface area contributed by atoms with Crippen LogP contribution in [0, 0.1) is 0 Å². The molecule has 2 N–H and O–H groups in total. The van der Waals surface area contributed by atoms with Crippen LogP contribution in [0.3, 0.4) is 0 Å². The Balaban J connectivity index is 3.16. The second kappa shape index (κ2) is 5.85. The SMILES string of the molecule is CS(=O)(=O)SCCCCCN. The van der Waals surface area contributed by atoms with Crippen LogP contribution >= 0.6 is 10.8 Å². The van der Waals surface area contributed by atoms with E-state index >= 15 is 0 Å². The van der Waals surface area contributed by atoms with E-state index in [9.17, 15) is 8.42 Å². The fraction of sp³-hybridized carbons (Fsp3) is 1.00. The summed E-state index contributed by atoms with van der Waals surface area (Å²) < 4.78 is 21.2. The molecule has 0 atom stereocenters. The monoisotopic (exact) mass is 197 g/mol. The summed E-state index contributed by atoms with van der Waals surface area (Å²) in [5.74, 6) is 0.693. The van der Waals surface area contributed by atoms with Gasteiger partial charge < -0.3 is 5.73 Å². The number of unbranched alkanes of at least 4 members (excludes halogenated alkanes) is 2. The molecule has 0 heterocycles. The third-order valence-electron chi connectivity index (χ3n) is 1.15. The molecule has 0 unspecified atom stereocenters. The van der Waals surface area contributed by atoms with Gasteiger partial charge in [0.2, 0.25) is 0 Å². The van der Waals surface area contributed by atoms with Gasteiger partial charge in [-0.2, -0.15) is 0 Å². The lowest BCUT2D eigenvalue weighted by Gasteiger charge is -1.97. The van der Waals surface area contributed by atoms with Gasteiger partial charge in [-0.15, -0.1) is 0 Å². The average molecular weight is 197 g/mol. The van der Waals surface area contributed by atoms with Crippen LogP contribution in [-0.4, -0.2) is 27.0 Å². The zero-order valence-electron chi connectivity index (χ0n) is 6.75. The summed E-state index contributed by atoms with van der Waals surface area (Å²) in [4.78, 5) is 0. The highest BCUT2D eigenvalue weighted by Crippen LogP contribution is 2.12. The van der Waals surface area contributed by atoms with Gasteiger partial charge in [0, 0.05) is 12.0 Å². The highest BCUT2D eigenvalue weighted by Gasteiger charge is 2.00. The zero-order chi connectivity index (χ0) is 8.74. The first-order chi connectivity index (χ1) is 5.06. The maximum atomic E-state index is 10.6. The summed E-state index contributed by atoms with van der Waals surface area (Å²) in [7, 11) is -1.81. The van der Waals surface area contributed by atoms with Gasteiger partial charge in [0.05, 0.1) is 0 Å².